The first-order valence-corrected chi connectivity index (χ1v) is 8.48. The normalized spacial score (nSPS) is 24.0. The average molecular weight is 312 g/mol. The predicted molar refractivity (Wildman–Crippen MR) is 87.7 cm³/mol. The number of pyridine rings is 1. The lowest BCUT2D eigenvalue weighted by molar-refractivity contribution is 0.296. The van der Waals surface area contributed by atoms with Gasteiger partial charge in [-0.25, -0.2) is 0 Å². The fraction of sp³-hybridized carbons (Fsp3) is 0.588. The molecule has 2 aliphatic carbocycles. The molecule has 0 bridgehead atoms. The van der Waals surface area contributed by atoms with Crippen LogP contribution in [-0.2, 0) is 13.1 Å². The molecule has 6 heteroatoms. The van der Waals surface area contributed by atoms with E-state index >= 15 is 0 Å². The summed E-state index contributed by atoms with van der Waals surface area (Å²) in [6.45, 7) is 1.63. The molecule has 0 unspecified atom stereocenters. The third kappa shape index (κ3) is 3.14. The van der Waals surface area contributed by atoms with Crippen molar-refractivity contribution in [2.24, 2.45) is 5.73 Å². The van der Waals surface area contributed by atoms with Crippen molar-refractivity contribution in [2.45, 2.75) is 56.8 Å². The molecule has 0 radical (unpaired) electrons. The molecule has 0 saturated heterocycles. The van der Waals surface area contributed by atoms with Gasteiger partial charge in [0.25, 0.3) is 0 Å². The van der Waals surface area contributed by atoms with Gasteiger partial charge in [-0.2, -0.15) is 0 Å². The molecule has 2 aromatic rings. The van der Waals surface area contributed by atoms with Crippen molar-refractivity contribution in [3.8, 4) is 0 Å². The zero-order chi connectivity index (χ0) is 15.8. The van der Waals surface area contributed by atoms with Gasteiger partial charge in [0.2, 0.25) is 0 Å². The number of nitrogens with two attached hydrogens (primary N) is 1. The third-order valence-electron chi connectivity index (χ3n) is 4.81. The van der Waals surface area contributed by atoms with Gasteiger partial charge in [-0.3, -0.25) is 9.88 Å². The first-order valence-electron chi connectivity index (χ1n) is 8.48. The molecule has 2 aliphatic rings. The maximum atomic E-state index is 5.95. The van der Waals surface area contributed by atoms with Gasteiger partial charge in [0, 0.05) is 30.7 Å². The van der Waals surface area contributed by atoms with E-state index in [-0.39, 0.29) is 0 Å². The van der Waals surface area contributed by atoms with Crippen molar-refractivity contribution in [1.29, 1.82) is 0 Å². The minimum Gasteiger partial charge on any atom is -0.328 e. The van der Waals surface area contributed by atoms with Crippen LogP contribution in [0.4, 0.5) is 0 Å². The highest BCUT2D eigenvalue weighted by atomic mass is 15.3. The Bertz CT molecular complexity index is 657. The van der Waals surface area contributed by atoms with E-state index in [4.69, 9.17) is 5.73 Å². The molecule has 4 rings (SSSR count). The van der Waals surface area contributed by atoms with Crippen molar-refractivity contribution in [3.63, 3.8) is 0 Å². The molecular formula is C17H24N6. The molecule has 6 nitrogen and oxygen atoms in total. The van der Waals surface area contributed by atoms with Gasteiger partial charge in [0.1, 0.15) is 11.6 Å². The Morgan fingerprint density at radius 2 is 2.04 bits per heavy atom. The number of aromatic nitrogens is 4. The number of rotatable bonds is 6. The van der Waals surface area contributed by atoms with Crippen molar-refractivity contribution in [1.82, 2.24) is 24.6 Å². The van der Waals surface area contributed by atoms with Gasteiger partial charge in [-0.1, -0.05) is 6.07 Å². The van der Waals surface area contributed by atoms with Crippen molar-refractivity contribution in [3.05, 3.63) is 41.7 Å². The minimum atomic E-state index is 0.347. The molecule has 0 aromatic carbocycles. The van der Waals surface area contributed by atoms with Gasteiger partial charge < -0.3 is 10.3 Å². The van der Waals surface area contributed by atoms with E-state index in [9.17, 15) is 0 Å². The van der Waals surface area contributed by atoms with Gasteiger partial charge in [-0.15, -0.1) is 10.2 Å². The lowest BCUT2D eigenvalue weighted by Crippen LogP contribution is -2.36. The van der Waals surface area contributed by atoms with Crippen LogP contribution in [0.25, 0.3) is 0 Å². The van der Waals surface area contributed by atoms with E-state index in [0.717, 1.165) is 43.3 Å². The van der Waals surface area contributed by atoms with Crippen molar-refractivity contribution < 1.29 is 0 Å². The maximum Gasteiger partial charge on any atom is 0.147 e. The van der Waals surface area contributed by atoms with Crippen LogP contribution >= 0.6 is 0 Å². The standard InChI is InChI=1S/C17H24N6/c1-22(10-14-4-2-3-7-19-14)11-16-20-21-17(12-8-13(18)9-12)23(16)15-5-6-15/h2-4,7,12-13,15H,5-6,8-11,18H2,1H3. The van der Waals surface area contributed by atoms with E-state index in [1.54, 1.807) is 0 Å². The van der Waals surface area contributed by atoms with Crippen molar-refractivity contribution in [2.75, 3.05) is 7.05 Å². The highest BCUT2D eigenvalue weighted by Gasteiger charge is 2.36. The van der Waals surface area contributed by atoms with Crippen LogP contribution < -0.4 is 5.73 Å². The lowest BCUT2D eigenvalue weighted by Gasteiger charge is -2.32. The molecule has 122 valence electrons. The molecule has 2 fully saturated rings. The van der Waals surface area contributed by atoms with Crippen LogP contribution in [0.1, 0.15) is 55.0 Å². The van der Waals surface area contributed by atoms with Gasteiger partial charge in [0.15, 0.2) is 0 Å². The zero-order valence-electron chi connectivity index (χ0n) is 13.6. The molecule has 2 heterocycles. The number of hydrogen-bond acceptors (Lipinski definition) is 5. The van der Waals surface area contributed by atoms with Crippen LogP contribution in [0.5, 0.6) is 0 Å². The summed E-state index contributed by atoms with van der Waals surface area (Å²) in [5, 5.41) is 9.01. The molecule has 0 atom stereocenters. The van der Waals surface area contributed by atoms with E-state index in [0.29, 0.717) is 18.0 Å². The fourth-order valence-corrected chi connectivity index (χ4v) is 3.39. The van der Waals surface area contributed by atoms with Crippen LogP contribution in [0.15, 0.2) is 24.4 Å². The second-order valence-electron chi connectivity index (χ2n) is 7.00. The summed E-state index contributed by atoms with van der Waals surface area (Å²) in [6, 6.07) is 6.99. The Hall–Kier alpha value is -1.79. The summed E-state index contributed by atoms with van der Waals surface area (Å²) >= 11 is 0. The minimum absolute atomic E-state index is 0.347. The Morgan fingerprint density at radius 1 is 1.22 bits per heavy atom. The monoisotopic (exact) mass is 312 g/mol. The summed E-state index contributed by atoms with van der Waals surface area (Å²) < 4.78 is 2.39. The molecule has 23 heavy (non-hydrogen) atoms. The second-order valence-corrected chi connectivity index (χ2v) is 7.00. The van der Waals surface area contributed by atoms with Crippen LogP contribution in [-0.4, -0.2) is 37.7 Å². The molecule has 2 saturated carbocycles. The SMILES string of the molecule is CN(Cc1ccccn1)Cc1nnc(C2CC(N)C2)n1C1CC1. The predicted octanol–water partition coefficient (Wildman–Crippen LogP) is 1.84. The quantitative estimate of drug-likeness (QED) is 0.881. The van der Waals surface area contributed by atoms with Crippen molar-refractivity contribution >= 4 is 0 Å². The smallest absolute Gasteiger partial charge is 0.147 e. The van der Waals surface area contributed by atoms with Gasteiger partial charge >= 0.3 is 0 Å². The largest absolute Gasteiger partial charge is 0.328 e. The molecule has 0 spiro atoms. The van der Waals surface area contributed by atoms with Gasteiger partial charge in [0.05, 0.1) is 12.2 Å². The summed E-state index contributed by atoms with van der Waals surface area (Å²) in [5.74, 6) is 2.75. The first-order chi connectivity index (χ1) is 11.2. The molecule has 0 aliphatic heterocycles. The summed E-state index contributed by atoms with van der Waals surface area (Å²) in [4.78, 5) is 6.65. The average Bonchev–Trinajstić information content (AvgIpc) is 3.27. The van der Waals surface area contributed by atoms with E-state index in [1.165, 1.54) is 12.8 Å². The van der Waals surface area contributed by atoms with Gasteiger partial charge in [-0.05, 0) is 44.9 Å². The van der Waals surface area contributed by atoms with E-state index in [1.807, 2.05) is 18.3 Å². The van der Waals surface area contributed by atoms with E-state index in [2.05, 4.69) is 37.8 Å². The second kappa shape index (κ2) is 6.02. The first kappa shape index (κ1) is 14.8. The Morgan fingerprint density at radius 3 is 2.70 bits per heavy atom. The van der Waals surface area contributed by atoms with Crippen LogP contribution in [0, 0.1) is 0 Å². The molecular weight excluding hydrogens is 288 g/mol. The third-order valence-corrected chi connectivity index (χ3v) is 4.81. The Labute approximate surface area is 136 Å². The van der Waals surface area contributed by atoms with Crippen LogP contribution in [0.3, 0.4) is 0 Å². The summed E-state index contributed by atoms with van der Waals surface area (Å²) in [5.41, 5.74) is 7.03. The highest BCUT2D eigenvalue weighted by molar-refractivity contribution is 5.12. The fourth-order valence-electron chi connectivity index (χ4n) is 3.39. The zero-order valence-corrected chi connectivity index (χ0v) is 13.6. The summed E-state index contributed by atoms with van der Waals surface area (Å²) in [6.07, 6.45) is 6.44. The Balaban J connectivity index is 1.48. The lowest BCUT2D eigenvalue weighted by atomic mass is 9.80. The number of hydrogen-bond donors (Lipinski definition) is 1. The molecule has 2 aromatic heterocycles. The van der Waals surface area contributed by atoms with E-state index < -0.39 is 0 Å². The molecule has 2 N–H and O–H groups in total. The topological polar surface area (TPSA) is 72.9 Å². The summed E-state index contributed by atoms with van der Waals surface area (Å²) in [7, 11) is 2.11. The molecule has 0 amide bonds. The Kier molecular flexibility index (Phi) is 3.87. The highest BCUT2D eigenvalue weighted by Crippen LogP contribution is 2.42. The van der Waals surface area contributed by atoms with Crippen LogP contribution in [0.2, 0.25) is 0 Å². The maximum absolute atomic E-state index is 5.95. The number of nitrogens with zero attached hydrogens (tertiary/aromatic N) is 5.